The van der Waals surface area contributed by atoms with E-state index in [9.17, 15) is 4.79 Å². The molecule has 1 aliphatic rings. The first kappa shape index (κ1) is 11.5. The number of benzene rings is 1. The predicted octanol–water partition coefficient (Wildman–Crippen LogP) is 2.92. The molecule has 1 aliphatic heterocycles. The molecule has 2 rings (SSSR count). The molecule has 1 fully saturated rings. The predicted molar refractivity (Wildman–Crippen MR) is 67.1 cm³/mol. The zero-order valence-corrected chi connectivity index (χ0v) is 10.0. The zero-order valence-electron chi connectivity index (χ0n) is 9.19. The Labute approximate surface area is 100 Å². The molecule has 0 atom stereocenters. The van der Waals surface area contributed by atoms with Crippen molar-refractivity contribution in [1.29, 1.82) is 0 Å². The lowest BCUT2D eigenvalue weighted by Crippen LogP contribution is -2.08. The normalized spacial score (nSPS) is 17.2. The molecule has 0 radical (unpaired) electrons. The summed E-state index contributed by atoms with van der Waals surface area (Å²) in [6.07, 6.45) is 2.58. The highest BCUT2D eigenvalue weighted by atomic mass is 32.2. The largest absolute Gasteiger partial charge is 0.481 e. The molecule has 0 bridgehead atoms. The van der Waals surface area contributed by atoms with Crippen LogP contribution in [-0.2, 0) is 11.2 Å². The molecule has 0 saturated carbocycles. The molecule has 1 heterocycles. The molecular formula is C13H16O2S. The Morgan fingerprint density at radius 3 is 2.81 bits per heavy atom. The molecular weight excluding hydrogens is 220 g/mol. The Hall–Kier alpha value is -0.960. The number of aliphatic carboxylic acids is 1. The zero-order chi connectivity index (χ0) is 11.4. The van der Waals surface area contributed by atoms with Gasteiger partial charge in [0.1, 0.15) is 0 Å². The van der Waals surface area contributed by atoms with Crippen molar-refractivity contribution in [1.82, 2.24) is 0 Å². The molecule has 3 heteroatoms. The van der Waals surface area contributed by atoms with Crippen LogP contribution in [0.1, 0.15) is 29.9 Å². The average Bonchev–Trinajstić information content (AvgIpc) is 2.30. The van der Waals surface area contributed by atoms with Crippen LogP contribution in [0.4, 0.5) is 0 Å². The van der Waals surface area contributed by atoms with Crippen LogP contribution in [-0.4, -0.2) is 22.6 Å². The minimum absolute atomic E-state index is 0.134. The fraction of sp³-hybridized carbons (Fsp3) is 0.462. The van der Waals surface area contributed by atoms with Gasteiger partial charge in [0.25, 0.3) is 0 Å². The summed E-state index contributed by atoms with van der Waals surface area (Å²) >= 11 is 2.01. The van der Waals surface area contributed by atoms with E-state index in [2.05, 4.69) is 12.1 Å². The Balaban J connectivity index is 2.11. The Morgan fingerprint density at radius 1 is 1.38 bits per heavy atom. The fourth-order valence-electron chi connectivity index (χ4n) is 2.16. The average molecular weight is 236 g/mol. The maximum atomic E-state index is 10.7. The number of thioether (sulfide) groups is 1. The summed E-state index contributed by atoms with van der Waals surface area (Å²) in [5, 5.41) is 8.76. The number of hydrogen-bond acceptors (Lipinski definition) is 2. The summed E-state index contributed by atoms with van der Waals surface area (Å²) in [6.45, 7) is 0. The van der Waals surface area contributed by atoms with E-state index >= 15 is 0 Å². The van der Waals surface area contributed by atoms with E-state index in [4.69, 9.17) is 5.11 Å². The first-order valence-corrected chi connectivity index (χ1v) is 6.79. The van der Waals surface area contributed by atoms with Crippen molar-refractivity contribution in [2.45, 2.75) is 25.2 Å². The third kappa shape index (κ3) is 3.01. The van der Waals surface area contributed by atoms with Gasteiger partial charge in [0, 0.05) is 0 Å². The van der Waals surface area contributed by atoms with E-state index in [1.165, 1.54) is 29.9 Å². The minimum Gasteiger partial charge on any atom is -0.481 e. The van der Waals surface area contributed by atoms with Crippen LogP contribution in [0.2, 0.25) is 0 Å². The molecule has 1 aromatic carbocycles. The third-order valence-electron chi connectivity index (χ3n) is 3.00. The van der Waals surface area contributed by atoms with Crippen molar-refractivity contribution in [3.63, 3.8) is 0 Å². The maximum absolute atomic E-state index is 10.7. The summed E-state index contributed by atoms with van der Waals surface area (Å²) in [4.78, 5) is 10.7. The van der Waals surface area contributed by atoms with Gasteiger partial charge < -0.3 is 5.11 Å². The second-order valence-electron chi connectivity index (χ2n) is 4.20. The SMILES string of the molecule is O=C(O)Cc1cccc(C2CCSCC2)c1. The van der Waals surface area contributed by atoms with Crippen molar-refractivity contribution >= 4 is 17.7 Å². The Bertz CT molecular complexity index is 370. The van der Waals surface area contributed by atoms with Gasteiger partial charge in [-0.15, -0.1) is 0 Å². The van der Waals surface area contributed by atoms with Gasteiger partial charge in [-0.25, -0.2) is 0 Å². The van der Waals surface area contributed by atoms with Crippen LogP contribution in [0, 0.1) is 0 Å². The lowest BCUT2D eigenvalue weighted by atomic mass is 9.92. The van der Waals surface area contributed by atoms with Crippen molar-refractivity contribution in [2.24, 2.45) is 0 Å². The molecule has 0 spiro atoms. The highest BCUT2D eigenvalue weighted by Gasteiger charge is 2.16. The summed E-state index contributed by atoms with van der Waals surface area (Å²) in [5.74, 6) is 2.34. The highest BCUT2D eigenvalue weighted by Crippen LogP contribution is 2.31. The lowest BCUT2D eigenvalue weighted by Gasteiger charge is -2.22. The first-order valence-electron chi connectivity index (χ1n) is 5.64. The monoisotopic (exact) mass is 236 g/mol. The quantitative estimate of drug-likeness (QED) is 0.876. The van der Waals surface area contributed by atoms with Crippen molar-refractivity contribution in [3.8, 4) is 0 Å². The van der Waals surface area contributed by atoms with Crippen LogP contribution in [0.5, 0.6) is 0 Å². The molecule has 1 saturated heterocycles. The molecule has 0 amide bonds. The van der Waals surface area contributed by atoms with E-state index in [0.29, 0.717) is 5.92 Å². The van der Waals surface area contributed by atoms with E-state index in [1.807, 2.05) is 23.9 Å². The van der Waals surface area contributed by atoms with Crippen LogP contribution < -0.4 is 0 Å². The molecule has 2 nitrogen and oxygen atoms in total. The molecule has 16 heavy (non-hydrogen) atoms. The summed E-state index contributed by atoms with van der Waals surface area (Å²) in [6, 6.07) is 8.07. The van der Waals surface area contributed by atoms with Gasteiger partial charge in [-0.3, -0.25) is 4.79 Å². The standard InChI is InChI=1S/C13H16O2S/c14-13(15)9-10-2-1-3-12(8-10)11-4-6-16-7-5-11/h1-3,8,11H,4-7,9H2,(H,14,15). The van der Waals surface area contributed by atoms with Crippen molar-refractivity contribution < 1.29 is 9.90 Å². The number of carboxylic acid groups (broad SMARTS) is 1. The maximum Gasteiger partial charge on any atom is 0.307 e. The van der Waals surface area contributed by atoms with E-state index in [-0.39, 0.29) is 6.42 Å². The number of carbonyl (C=O) groups is 1. The molecule has 86 valence electrons. The fourth-order valence-corrected chi connectivity index (χ4v) is 3.27. The number of carboxylic acids is 1. The van der Waals surface area contributed by atoms with Crippen molar-refractivity contribution in [2.75, 3.05) is 11.5 Å². The topological polar surface area (TPSA) is 37.3 Å². The Morgan fingerprint density at radius 2 is 2.12 bits per heavy atom. The lowest BCUT2D eigenvalue weighted by molar-refractivity contribution is -0.136. The van der Waals surface area contributed by atoms with E-state index < -0.39 is 5.97 Å². The Kier molecular flexibility index (Phi) is 3.88. The number of hydrogen-bond donors (Lipinski definition) is 1. The number of rotatable bonds is 3. The van der Waals surface area contributed by atoms with Crippen LogP contribution in [0.15, 0.2) is 24.3 Å². The second kappa shape index (κ2) is 5.39. The van der Waals surface area contributed by atoms with Gasteiger partial charge in [-0.05, 0) is 41.4 Å². The third-order valence-corrected chi connectivity index (χ3v) is 4.05. The first-order chi connectivity index (χ1) is 7.75. The minimum atomic E-state index is -0.753. The highest BCUT2D eigenvalue weighted by molar-refractivity contribution is 7.99. The van der Waals surface area contributed by atoms with Gasteiger partial charge in [0.2, 0.25) is 0 Å². The van der Waals surface area contributed by atoms with Gasteiger partial charge in [-0.2, -0.15) is 11.8 Å². The van der Waals surface area contributed by atoms with Gasteiger partial charge in [-0.1, -0.05) is 24.3 Å². The summed E-state index contributed by atoms with van der Waals surface area (Å²) in [7, 11) is 0. The second-order valence-corrected chi connectivity index (χ2v) is 5.43. The van der Waals surface area contributed by atoms with Gasteiger partial charge in [0.05, 0.1) is 6.42 Å². The van der Waals surface area contributed by atoms with Crippen LogP contribution in [0.3, 0.4) is 0 Å². The van der Waals surface area contributed by atoms with Crippen LogP contribution in [0.25, 0.3) is 0 Å². The van der Waals surface area contributed by atoms with E-state index in [1.54, 1.807) is 0 Å². The molecule has 0 aliphatic carbocycles. The van der Waals surface area contributed by atoms with Gasteiger partial charge >= 0.3 is 5.97 Å². The summed E-state index contributed by atoms with van der Waals surface area (Å²) < 4.78 is 0. The smallest absolute Gasteiger partial charge is 0.307 e. The van der Waals surface area contributed by atoms with Crippen LogP contribution >= 0.6 is 11.8 Å². The van der Waals surface area contributed by atoms with Gasteiger partial charge in [0.15, 0.2) is 0 Å². The summed E-state index contributed by atoms with van der Waals surface area (Å²) in [5.41, 5.74) is 2.24. The molecule has 1 aromatic rings. The molecule has 0 aromatic heterocycles. The molecule has 1 N–H and O–H groups in total. The van der Waals surface area contributed by atoms with Crippen molar-refractivity contribution in [3.05, 3.63) is 35.4 Å². The molecule has 0 unspecified atom stereocenters. The van der Waals surface area contributed by atoms with E-state index in [0.717, 1.165) is 5.56 Å².